The van der Waals surface area contributed by atoms with E-state index < -0.39 is 0 Å². The van der Waals surface area contributed by atoms with E-state index in [9.17, 15) is 9.59 Å². The highest BCUT2D eigenvalue weighted by Gasteiger charge is 2.38. The van der Waals surface area contributed by atoms with Gasteiger partial charge >= 0.3 is 6.03 Å². The quantitative estimate of drug-likeness (QED) is 0.430. The maximum absolute atomic E-state index is 13.6. The number of urea groups is 1. The average Bonchev–Trinajstić information content (AvgIpc) is 3.57. The zero-order valence-corrected chi connectivity index (χ0v) is 21.1. The largest absolute Gasteiger partial charge is 0.491 e. The minimum absolute atomic E-state index is 0.0391. The van der Waals surface area contributed by atoms with Crippen molar-refractivity contribution in [2.75, 3.05) is 25.0 Å². The summed E-state index contributed by atoms with van der Waals surface area (Å²) in [6, 6.07) is 16.7. The monoisotopic (exact) mass is 509 g/mol. The molecule has 35 heavy (non-hydrogen) atoms. The second kappa shape index (κ2) is 10.3. The Kier molecular flexibility index (Phi) is 6.97. The third-order valence-corrected chi connectivity index (χ3v) is 7.77. The lowest BCUT2D eigenvalue weighted by molar-refractivity contribution is -0.135. The number of amides is 3. The third kappa shape index (κ3) is 5.46. The van der Waals surface area contributed by atoms with Crippen molar-refractivity contribution in [3.05, 3.63) is 81.0 Å². The zero-order valence-electron chi connectivity index (χ0n) is 19.6. The molecule has 5 rings (SSSR count). The molecule has 182 valence electrons. The molecule has 0 unspecified atom stereocenters. The number of anilines is 1. The third-order valence-electron chi connectivity index (χ3n) is 6.54. The van der Waals surface area contributed by atoms with Crippen LogP contribution >= 0.6 is 22.9 Å². The Balaban J connectivity index is 1.31. The molecule has 2 aliphatic rings. The molecule has 1 aliphatic heterocycles. The van der Waals surface area contributed by atoms with Crippen molar-refractivity contribution in [1.82, 2.24) is 9.80 Å². The topological polar surface area (TPSA) is 61.9 Å². The molecule has 3 aromatic rings. The number of halogens is 1. The lowest BCUT2D eigenvalue weighted by atomic mass is 10.0. The van der Waals surface area contributed by atoms with Gasteiger partial charge in [-0.2, -0.15) is 0 Å². The molecule has 1 aliphatic carbocycles. The number of hydrogen-bond acceptors (Lipinski definition) is 4. The summed E-state index contributed by atoms with van der Waals surface area (Å²) in [5.41, 5.74) is 2.82. The average molecular weight is 510 g/mol. The van der Waals surface area contributed by atoms with Crippen molar-refractivity contribution in [1.29, 1.82) is 0 Å². The lowest BCUT2D eigenvalue weighted by Crippen LogP contribution is -2.49. The number of fused-ring (bicyclic) bond motifs is 1. The number of benzene rings is 2. The van der Waals surface area contributed by atoms with Crippen LogP contribution in [-0.2, 0) is 11.2 Å². The molecule has 1 fully saturated rings. The number of ether oxygens (including phenoxy) is 1. The summed E-state index contributed by atoms with van der Waals surface area (Å²) in [6.07, 6.45) is 2.63. The zero-order chi connectivity index (χ0) is 24.4. The maximum atomic E-state index is 13.6. The number of nitrogens with zero attached hydrogens (tertiary/aromatic N) is 2. The smallest absolute Gasteiger partial charge is 0.322 e. The van der Waals surface area contributed by atoms with Gasteiger partial charge in [-0.25, -0.2) is 4.79 Å². The van der Waals surface area contributed by atoms with Crippen LogP contribution in [0.1, 0.15) is 34.9 Å². The fourth-order valence-electron chi connectivity index (χ4n) is 4.51. The molecule has 1 atom stereocenters. The van der Waals surface area contributed by atoms with E-state index in [0.717, 1.165) is 36.1 Å². The first-order valence-corrected chi connectivity index (χ1v) is 13.1. The fraction of sp³-hybridized carbons (Fsp3) is 0.333. The Morgan fingerprint density at radius 3 is 2.77 bits per heavy atom. The first kappa shape index (κ1) is 23.7. The first-order chi connectivity index (χ1) is 17.0. The predicted molar refractivity (Wildman–Crippen MR) is 139 cm³/mol. The van der Waals surface area contributed by atoms with Gasteiger partial charge in [-0.05, 0) is 73.0 Å². The molecule has 8 heteroatoms. The van der Waals surface area contributed by atoms with Crippen LogP contribution in [0, 0.1) is 6.92 Å². The summed E-state index contributed by atoms with van der Waals surface area (Å²) in [5, 5.41) is 5.52. The number of para-hydroxylation sites is 1. The fourth-order valence-corrected chi connectivity index (χ4v) is 5.63. The number of nitrogens with one attached hydrogen (secondary N) is 1. The van der Waals surface area contributed by atoms with Crippen molar-refractivity contribution < 1.29 is 14.3 Å². The highest BCUT2D eigenvalue weighted by molar-refractivity contribution is 7.10. The molecular weight excluding hydrogens is 482 g/mol. The van der Waals surface area contributed by atoms with Crippen LogP contribution < -0.4 is 10.1 Å². The van der Waals surface area contributed by atoms with Gasteiger partial charge in [0.15, 0.2) is 0 Å². The van der Waals surface area contributed by atoms with E-state index in [2.05, 4.69) is 16.8 Å². The Morgan fingerprint density at radius 2 is 2.00 bits per heavy atom. The highest BCUT2D eigenvalue weighted by atomic mass is 35.5. The van der Waals surface area contributed by atoms with Crippen LogP contribution in [0.15, 0.2) is 60.0 Å². The first-order valence-electron chi connectivity index (χ1n) is 11.9. The minimum atomic E-state index is -0.274. The van der Waals surface area contributed by atoms with E-state index >= 15 is 0 Å². The summed E-state index contributed by atoms with van der Waals surface area (Å²) in [7, 11) is 0. The maximum Gasteiger partial charge on any atom is 0.322 e. The molecule has 0 bridgehead atoms. The summed E-state index contributed by atoms with van der Waals surface area (Å²) >= 11 is 7.79. The molecular formula is C27H28ClN3O3S. The molecule has 6 nitrogen and oxygen atoms in total. The van der Waals surface area contributed by atoms with Gasteiger partial charge in [-0.1, -0.05) is 35.9 Å². The number of aryl methyl sites for hydroxylation is 1. The number of rotatable bonds is 7. The number of carbonyl (C=O) groups is 2. The van der Waals surface area contributed by atoms with E-state index in [1.165, 1.54) is 4.88 Å². The minimum Gasteiger partial charge on any atom is -0.491 e. The molecule has 1 saturated carbocycles. The van der Waals surface area contributed by atoms with Crippen LogP contribution in [0.5, 0.6) is 5.75 Å². The summed E-state index contributed by atoms with van der Waals surface area (Å²) in [6.45, 7) is 3.04. The highest BCUT2D eigenvalue weighted by Crippen LogP contribution is 2.35. The summed E-state index contributed by atoms with van der Waals surface area (Å²) in [4.78, 5) is 31.5. The van der Waals surface area contributed by atoms with Crippen molar-refractivity contribution in [3.63, 3.8) is 0 Å². The Morgan fingerprint density at radius 1 is 1.17 bits per heavy atom. The number of carbonyl (C=O) groups excluding carboxylic acids is 2. The molecule has 1 aromatic heterocycles. The molecule has 0 saturated heterocycles. The standard InChI is InChI=1S/C27H28ClN3O3S/c1-18-5-2-3-8-24(18)34-17-23-22-12-14-35-25(22)11-13-30(23)26(32)16-31(21-9-10-21)27(33)29-20-7-4-6-19(28)15-20/h2-8,12,14-15,21,23H,9-11,13,16-17H2,1H3,(H,29,33)/t23-/m0/s1. The van der Waals surface area contributed by atoms with Crippen LogP contribution in [0.25, 0.3) is 0 Å². The summed E-state index contributed by atoms with van der Waals surface area (Å²) < 4.78 is 6.19. The molecule has 1 N–H and O–H groups in total. The van der Waals surface area contributed by atoms with Crippen LogP contribution in [0.2, 0.25) is 5.02 Å². The number of hydrogen-bond donors (Lipinski definition) is 1. The van der Waals surface area contributed by atoms with Crippen LogP contribution in [0.4, 0.5) is 10.5 Å². The van der Waals surface area contributed by atoms with E-state index in [4.69, 9.17) is 16.3 Å². The Bertz CT molecular complexity index is 1230. The van der Waals surface area contributed by atoms with Crippen molar-refractivity contribution >= 4 is 40.6 Å². The van der Waals surface area contributed by atoms with E-state index in [0.29, 0.717) is 23.9 Å². The number of thiophene rings is 1. The van der Waals surface area contributed by atoms with Crippen LogP contribution in [0.3, 0.4) is 0 Å². The van der Waals surface area contributed by atoms with Crippen molar-refractivity contribution in [2.45, 2.75) is 38.3 Å². The Labute approximate surface area is 214 Å². The van der Waals surface area contributed by atoms with Crippen LogP contribution in [-0.4, -0.2) is 47.5 Å². The second-order valence-corrected chi connectivity index (χ2v) is 10.5. The molecule has 0 spiro atoms. The SMILES string of the molecule is Cc1ccccc1OC[C@H]1c2ccsc2CCN1C(=O)CN(C(=O)Nc1cccc(Cl)c1)C1CC1. The van der Waals surface area contributed by atoms with E-state index in [-0.39, 0.29) is 30.6 Å². The second-order valence-electron chi connectivity index (χ2n) is 9.03. The van der Waals surface area contributed by atoms with E-state index in [1.807, 2.05) is 36.1 Å². The normalized spacial score (nSPS) is 17.0. The Hall–Kier alpha value is -3.03. The van der Waals surface area contributed by atoms with Gasteiger partial charge in [-0.15, -0.1) is 11.3 Å². The molecule has 0 radical (unpaired) electrons. The van der Waals surface area contributed by atoms with Gasteiger partial charge in [0, 0.05) is 28.2 Å². The van der Waals surface area contributed by atoms with Gasteiger partial charge in [-0.3, -0.25) is 4.79 Å². The van der Waals surface area contributed by atoms with Crippen molar-refractivity contribution in [2.24, 2.45) is 0 Å². The summed E-state index contributed by atoms with van der Waals surface area (Å²) in [5.74, 6) is 0.760. The molecule has 2 heterocycles. The van der Waals surface area contributed by atoms with Gasteiger partial charge in [0.2, 0.25) is 5.91 Å². The van der Waals surface area contributed by atoms with Gasteiger partial charge in [0.05, 0.1) is 6.04 Å². The van der Waals surface area contributed by atoms with E-state index in [1.54, 1.807) is 40.5 Å². The molecule has 2 aromatic carbocycles. The lowest BCUT2D eigenvalue weighted by Gasteiger charge is -2.37. The van der Waals surface area contributed by atoms with Gasteiger partial charge in [0.25, 0.3) is 0 Å². The van der Waals surface area contributed by atoms with Gasteiger partial charge < -0.3 is 19.9 Å². The van der Waals surface area contributed by atoms with Gasteiger partial charge in [0.1, 0.15) is 18.9 Å². The molecule has 3 amide bonds. The predicted octanol–water partition coefficient (Wildman–Crippen LogP) is 5.91. The van der Waals surface area contributed by atoms with Crippen molar-refractivity contribution in [3.8, 4) is 5.75 Å².